The molecule has 1 fully saturated rings. The molecule has 0 heterocycles. The highest BCUT2D eigenvalue weighted by molar-refractivity contribution is 4.82. The molecule has 0 spiro atoms. The van der Waals surface area contributed by atoms with Crippen molar-refractivity contribution in [3.8, 4) is 0 Å². The smallest absolute Gasteiger partial charge is 0.0223 e. The molecular weight excluding hydrogens is 196 g/mol. The van der Waals surface area contributed by atoms with Crippen molar-refractivity contribution in [3.63, 3.8) is 0 Å². The molecule has 16 heavy (non-hydrogen) atoms. The Hall–Kier alpha value is -0.0800. The Bertz CT molecular complexity index is 189. The molecule has 1 aliphatic carbocycles. The summed E-state index contributed by atoms with van der Waals surface area (Å²) in [4.78, 5) is 2.56. The summed E-state index contributed by atoms with van der Waals surface area (Å²) in [5, 5.41) is 0. The van der Waals surface area contributed by atoms with Gasteiger partial charge >= 0.3 is 0 Å². The average Bonchev–Trinajstić information content (AvgIpc) is 2.25. The van der Waals surface area contributed by atoms with Gasteiger partial charge in [-0.25, -0.2) is 0 Å². The fourth-order valence-corrected chi connectivity index (χ4v) is 2.89. The Morgan fingerprint density at radius 2 is 1.75 bits per heavy atom. The summed E-state index contributed by atoms with van der Waals surface area (Å²) in [6.07, 6.45) is 8.19. The molecule has 1 aliphatic rings. The molecule has 0 aromatic heterocycles. The van der Waals surface area contributed by atoms with Crippen LogP contribution >= 0.6 is 0 Å². The molecule has 1 unspecified atom stereocenters. The average molecular weight is 226 g/mol. The first-order chi connectivity index (χ1) is 7.44. The van der Waals surface area contributed by atoms with E-state index < -0.39 is 0 Å². The van der Waals surface area contributed by atoms with E-state index >= 15 is 0 Å². The molecule has 96 valence electrons. The van der Waals surface area contributed by atoms with E-state index in [0.29, 0.717) is 11.5 Å². The lowest BCUT2D eigenvalue weighted by Crippen LogP contribution is -2.46. The van der Waals surface area contributed by atoms with Crippen LogP contribution in [0.2, 0.25) is 0 Å². The van der Waals surface area contributed by atoms with E-state index in [4.69, 9.17) is 5.73 Å². The van der Waals surface area contributed by atoms with Crippen LogP contribution in [0.15, 0.2) is 0 Å². The van der Waals surface area contributed by atoms with Gasteiger partial charge in [-0.15, -0.1) is 0 Å². The summed E-state index contributed by atoms with van der Waals surface area (Å²) >= 11 is 0. The zero-order valence-corrected chi connectivity index (χ0v) is 11.6. The number of hydrogen-bond donors (Lipinski definition) is 1. The van der Waals surface area contributed by atoms with Crippen molar-refractivity contribution in [3.05, 3.63) is 0 Å². The van der Waals surface area contributed by atoms with Gasteiger partial charge in [0.2, 0.25) is 0 Å². The second kappa shape index (κ2) is 6.02. The molecule has 1 rings (SSSR count). The van der Waals surface area contributed by atoms with E-state index in [2.05, 4.69) is 32.7 Å². The minimum absolute atomic E-state index is 0.382. The van der Waals surface area contributed by atoms with Crippen LogP contribution in [-0.4, -0.2) is 30.6 Å². The first-order valence-corrected chi connectivity index (χ1v) is 6.86. The first-order valence-electron chi connectivity index (χ1n) is 6.86. The van der Waals surface area contributed by atoms with Gasteiger partial charge < -0.3 is 5.73 Å². The third-order valence-corrected chi connectivity index (χ3v) is 3.85. The summed E-state index contributed by atoms with van der Waals surface area (Å²) < 4.78 is 0. The van der Waals surface area contributed by atoms with Crippen LogP contribution in [0.4, 0.5) is 0 Å². The zero-order valence-electron chi connectivity index (χ0n) is 11.6. The molecular formula is C14H30N2. The number of likely N-dealkylation sites (N-methyl/N-ethyl adjacent to an activating group) is 1. The summed E-state index contributed by atoms with van der Waals surface area (Å²) in [5.74, 6) is 0. The quantitative estimate of drug-likeness (QED) is 0.798. The van der Waals surface area contributed by atoms with Crippen LogP contribution in [0.5, 0.6) is 0 Å². The molecule has 0 aliphatic heterocycles. The van der Waals surface area contributed by atoms with Crippen molar-refractivity contribution >= 4 is 0 Å². The van der Waals surface area contributed by atoms with Crippen LogP contribution in [0.3, 0.4) is 0 Å². The van der Waals surface area contributed by atoms with Crippen LogP contribution in [-0.2, 0) is 0 Å². The van der Waals surface area contributed by atoms with E-state index in [1.54, 1.807) is 0 Å². The highest BCUT2D eigenvalue weighted by atomic mass is 15.2. The van der Waals surface area contributed by atoms with Crippen molar-refractivity contribution in [1.29, 1.82) is 0 Å². The molecule has 1 atom stereocenters. The molecule has 0 aromatic carbocycles. The van der Waals surface area contributed by atoms with E-state index in [9.17, 15) is 0 Å². The summed E-state index contributed by atoms with van der Waals surface area (Å²) in [6.45, 7) is 7.73. The van der Waals surface area contributed by atoms with Crippen molar-refractivity contribution in [2.75, 3.05) is 13.6 Å². The fraction of sp³-hybridized carbons (Fsp3) is 1.00. The molecule has 0 bridgehead atoms. The van der Waals surface area contributed by atoms with Crippen molar-refractivity contribution < 1.29 is 0 Å². The highest BCUT2D eigenvalue weighted by Gasteiger charge is 2.26. The minimum Gasteiger partial charge on any atom is -0.329 e. The van der Waals surface area contributed by atoms with Crippen LogP contribution in [0.1, 0.15) is 59.3 Å². The molecule has 1 saturated carbocycles. The van der Waals surface area contributed by atoms with E-state index in [1.165, 1.54) is 38.5 Å². The lowest BCUT2D eigenvalue weighted by atomic mass is 9.86. The van der Waals surface area contributed by atoms with Gasteiger partial charge in [-0.2, -0.15) is 0 Å². The molecule has 2 nitrogen and oxygen atoms in total. The van der Waals surface area contributed by atoms with Gasteiger partial charge in [0.15, 0.2) is 0 Å². The van der Waals surface area contributed by atoms with Crippen LogP contribution in [0.25, 0.3) is 0 Å². The maximum atomic E-state index is 5.95. The molecule has 0 radical (unpaired) electrons. The zero-order chi connectivity index (χ0) is 12.2. The molecule has 0 amide bonds. The largest absolute Gasteiger partial charge is 0.329 e. The lowest BCUT2D eigenvalue weighted by Gasteiger charge is -2.39. The van der Waals surface area contributed by atoms with E-state index in [0.717, 1.165) is 12.6 Å². The maximum absolute atomic E-state index is 5.95. The molecule has 2 heteroatoms. The van der Waals surface area contributed by atoms with Gasteiger partial charge in [0, 0.05) is 18.6 Å². The first kappa shape index (κ1) is 14.0. The Balaban J connectivity index is 2.50. The third-order valence-electron chi connectivity index (χ3n) is 3.85. The van der Waals surface area contributed by atoms with Crippen molar-refractivity contribution in [1.82, 2.24) is 4.90 Å². The Morgan fingerprint density at radius 1 is 1.19 bits per heavy atom. The predicted molar refractivity (Wildman–Crippen MR) is 71.6 cm³/mol. The van der Waals surface area contributed by atoms with Gasteiger partial charge in [0.25, 0.3) is 0 Å². The summed E-state index contributed by atoms with van der Waals surface area (Å²) in [6, 6.07) is 1.34. The topological polar surface area (TPSA) is 29.3 Å². The molecule has 0 saturated heterocycles. The lowest BCUT2D eigenvalue weighted by molar-refractivity contribution is 0.110. The minimum atomic E-state index is 0.382. The van der Waals surface area contributed by atoms with Gasteiger partial charge in [0.1, 0.15) is 0 Å². The maximum Gasteiger partial charge on any atom is 0.0223 e. The fourth-order valence-electron chi connectivity index (χ4n) is 2.89. The highest BCUT2D eigenvalue weighted by Crippen LogP contribution is 2.27. The van der Waals surface area contributed by atoms with E-state index in [1.807, 2.05) is 0 Å². The second-order valence-corrected chi connectivity index (χ2v) is 6.61. The summed E-state index contributed by atoms with van der Waals surface area (Å²) in [7, 11) is 2.28. The van der Waals surface area contributed by atoms with Gasteiger partial charge in [0.05, 0.1) is 0 Å². The number of rotatable bonds is 4. The normalized spacial score (nSPS) is 21.4. The summed E-state index contributed by atoms with van der Waals surface area (Å²) in [5.41, 5.74) is 6.33. The second-order valence-electron chi connectivity index (χ2n) is 6.61. The number of nitrogens with zero attached hydrogens (tertiary/aromatic N) is 1. The van der Waals surface area contributed by atoms with Crippen molar-refractivity contribution in [2.45, 2.75) is 71.4 Å². The van der Waals surface area contributed by atoms with Gasteiger partial charge in [-0.1, -0.05) is 40.0 Å². The number of hydrogen-bond acceptors (Lipinski definition) is 2. The van der Waals surface area contributed by atoms with E-state index in [-0.39, 0.29) is 0 Å². The Morgan fingerprint density at radius 3 is 2.19 bits per heavy atom. The monoisotopic (exact) mass is 226 g/mol. The predicted octanol–water partition coefficient (Wildman–Crippen LogP) is 3.01. The number of nitrogens with two attached hydrogens (primary N) is 1. The third kappa shape index (κ3) is 4.42. The SMILES string of the molecule is CN(C1CCCCC1)C(CN)CC(C)(C)C. The Labute approximate surface area is 102 Å². The molecule has 0 aromatic rings. The standard InChI is InChI=1S/C14H30N2/c1-14(2,3)10-13(11-15)16(4)12-8-6-5-7-9-12/h12-13H,5-11,15H2,1-4H3. The Kier molecular flexibility index (Phi) is 5.26. The van der Waals surface area contributed by atoms with Crippen molar-refractivity contribution in [2.24, 2.45) is 11.1 Å². The van der Waals surface area contributed by atoms with Crippen LogP contribution < -0.4 is 5.73 Å². The molecule has 2 N–H and O–H groups in total. The van der Waals surface area contributed by atoms with Crippen LogP contribution in [0, 0.1) is 5.41 Å². The van der Waals surface area contributed by atoms with Gasteiger partial charge in [-0.3, -0.25) is 4.90 Å². The van der Waals surface area contributed by atoms with Gasteiger partial charge in [-0.05, 0) is 31.7 Å².